The van der Waals surface area contributed by atoms with E-state index in [0.717, 1.165) is 0 Å². The molecule has 1 aliphatic heterocycles. The Morgan fingerprint density at radius 1 is 1.00 bits per heavy atom. The molecular formula is C25H30N2O7. The van der Waals surface area contributed by atoms with Gasteiger partial charge in [-0.3, -0.25) is 9.59 Å². The highest BCUT2D eigenvalue weighted by Gasteiger charge is 2.46. The van der Waals surface area contributed by atoms with Gasteiger partial charge in [-0.15, -0.1) is 0 Å². The number of benzene rings is 2. The van der Waals surface area contributed by atoms with Gasteiger partial charge in [-0.25, -0.2) is 0 Å². The van der Waals surface area contributed by atoms with E-state index in [2.05, 4.69) is 0 Å². The Kier molecular flexibility index (Phi) is 7.68. The van der Waals surface area contributed by atoms with Crippen LogP contribution in [0.25, 0.3) is 5.76 Å². The van der Waals surface area contributed by atoms with E-state index in [4.69, 9.17) is 14.2 Å². The normalized spacial score (nSPS) is 17.4. The van der Waals surface area contributed by atoms with Crippen LogP contribution in [-0.2, 0) is 9.59 Å². The van der Waals surface area contributed by atoms with Crippen LogP contribution in [0.1, 0.15) is 23.6 Å². The second kappa shape index (κ2) is 10.5. The number of carbonyl (C=O) groups excluding carboxylic acids is 2. The van der Waals surface area contributed by atoms with Crippen LogP contribution in [0.3, 0.4) is 0 Å². The summed E-state index contributed by atoms with van der Waals surface area (Å²) in [6, 6.07) is 8.65. The molecule has 2 N–H and O–H groups in total. The number of aromatic hydroxyl groups is 1. The van der Waals surface area contributed by atoms with E-state index in [-0.39, 0.29) is 40.7 Å². The van der Waals surface area contributed by atoms with E-state index < -0.39 is 23.5 Å². The summed E-state index contributed by atoms with van der Waals surface area (Å²) in [6.07, 6.45) is 0.608. The average molecular weight is 471 g/mol. The maximum absolute atomic E-state index is 13.2. The van der Waals surface area contributed by atoms with Gasteiger partial charge in [-0.05, 0) is 56.9 Å². The molecule has 0 aliphatic carbocycles. The molecule has 2 aromatic rings. The molecule has 9 heteroatoms. The van der Waals surface area contributed by atoms with Gasteiger partial charge in [0, 0.05) is 6.54 Å². The molecule has 1 unspecified atom stereocenters. The number of ether oxygens (including phenoxy) is 3. The van der Waals surface area contributed by atoms with Gasteiger partial charge < -0.3 is 34.2 Å². The van der Waals surface area contributed by atoms with E-state index in [1.807, 2.05) is 19.0 Å². The zero-order chi connectivity index (χ0) is 25.0. The van der Waals surface area contributed by atoms with Crippen molar-refractivity contribution in [1.29, 1.82) is 0 Å². The van der Waals surface area contributed by atoms with Gasteiger partial charge in [0.2, 0.25) is 0 Å². The van der Waals surface area contributed by atoms with Gasteiger partial charge in [0.15, 0.2) is 11.5 Å². The van der Waals surface area contributed by atoms with Crippen LogP contribution in [0, 0.1) is 0 Å². The molecule has 1 aliphatic rings. The van der Waals surface area contributed by atoms with Crippen molar-refractivity contribution in [2.24, 2.45) is 0 Å². The molecule has 9 nitrogen and oxygen atoms in total. The summed E-state index contributed by atoms with van der Waals surface area (Å²) < 4.78 is 15.9. The highest BCUT2D eigenvalue weighted by molar-refractivity contribution is 6.46. The number of Topliss-reactive ketones (excluding diaryl/α,β-unsaturated/α-hetero) is 1. The third-order valence-corrected chi connectivity index (χ3v) is 5.73. The number of aliphatic hydroxyl groups is 1. The number of methoxy groups -OCH3 is 3. The minimum absolute atomic E-state index is 0.109. The molecule has 0 saturated carbocycles. The number of phenols is 1. The van der Waals surface area contributed by atoms with Crippen molar-refractivity contribution < 1.29 is 34.0 Å². The molecule has 1 amide bonds. The molecule has 1 fully saturated rings. The number of hydrogen-bond acceptors (Lipinski definition) is 8. The topological polar surface area (TPSA) is 109 Å². The molecule has 1 heterocycles. The zero-order valence-corrected chi connectivity index (χ0v) is 20.0. The lowest BCUT2D eigenvalue weighted by atomic mass is 9.94. The summed E-state index contributed by atoms with van der Waals surface area (Å²) in [5.41, 5.74) is 0.515. The maximum atomic E-state index is 13.2. The van der Waals surface area contributed by atoms with Gasteiger partial charge in [0.25, 0.3) is 11.7 Å². The quantitative estimate of drug-likeness (QED) is 0.327. The Bertz CT molecular complexity index is 1090. The lowest BCUT2D eigenvalue weighted by Gasteiger charge is -2.26. The van der Waals surface area contributed by atoms with Crippen molar-refractivity contribution in [1.82, 2.24) is 9.80 Å². The van der Waals surface area contributed by atoms with Crippen LogP contribution in [0.5, 0.6) is 23.0 Å². The second-order valence-corrected chi connectivity index (χ2v) is 8.12. The Morgan fingerprint density at radius 2 is 1.62 bits per heavy atom. The molecule has 34 heavy (non-hydrogen) atoms. The van der Waals surface area contributed by atoms with E-state index in [1.165, 1.54) is 32.3 Å². The molecule has 0 aromatic heterocycles. The molecule has 1 saturated heterocycles. The molecule has 0 spiro atoms. The lowest BCUT2D eigenvalue weighted by Crippen LogP contribution is -2.32. The molecule has 182 valence electrons. The minimum Gasteiger partial charge on any atom is -0.506 e. The number of ketones is 1. The van der Waals surface area contributed by atoms with Gasteiger partial charge >= 0.3 is 0 Å². The van der Waals surface area contributed by atoms with Crippen molar-refractivity contribution in [2.45, 2.75) is 12.5 Å². The lowest BCUT2D eigenvalue weighted by molar-refractivity contribution is -0.139. The molecule has 1 atom stereocenters. The van der Waals surface area contributed by atoms with Crippen molar-refractivity contribution in [3.05, 3.63) is 53.1 Å². The predicted octanol–water partition coefficient (Wildman–Crippen LogP) is 2.79. The summed E-state index contributed by atoms with van der Waals surface area (Å²) in [5, 5.41) is 21.8. The second-order valence-electron chi connectivity index (χ2n) is 8.12. The number of amides is 1. The standard InChI is InChI=1S/C25H30N2O7/c1-26(2)12-7-13-27-22(15-10-11-17(32-3)16(28)14-15)21(24(30)25(27)31)23(29)20-18(33-4)8-6-9-19(20)34-5/h6,8-11,14,22,28-29H,7,12-13H2,1-5H3/b23-21+. The number of hydrogen-bond donors (Lipinski definition) is 2. The summed E-state index contributed by atoms with van der Waals surface area (Å²) in [7, 11) is 8.13. The Balaban J connectivity index is 2.22. The number of nitrogens with zero attached hydrogens (tertiary/aromatic N) is 2. The van der Waals surface area contributed by atoms with Crippen molar-refractivity contribution in [2.75, 3.05) is 48.5 Å². The number of aliphatic hydroxyl groups excluding tert-OH is 1. The summed E-state index contributed by atoms with van der Waals surface area (Å²) in [5.74, 6) is -1.29. The van der Waals surface area contributed by atoms with Crippen molar-refractivity contribution in [3.8, 4) is 23.0 Å². The van der Waals surface area contributed by atoms with Crippen LogP contribution in [0.2, 0.25) is 0 Å². The highest BCUT2D eigenvalue weighted by atomic mass is 16.5. The summed E-state index contributed by atoms with van der Waals surface area (Å²) in [6.45, 7) is 0.976. The Hall–Kier alpha value is -3.72. The first-order valence-corrected chi connectivity index (χ1v) is 10.8. The minimum atomic E-state index is -0.923. The molecule has 2 aromatic carbocycles. The fourth-order valence-corrected chi connectivity index (χ4v) is 4.11. The molecule has 3 rings (SSSR count). The fraction of sp³-hybridized carbons (Fsp3) is 0.360. The number of carbonyl (C=O) groups is 2. The summed E-state index contributed by atoms with van der Waals surface area (Å²) in [4.78, 5) is 29.7. The van der Waals surface area contributed by atoms with E-state index >= 15 is 0 Å². The summed E-state index contributed by atoms with van der Waals surface area (Å²) >= 11 is 0. The van der Waals surface area contributed by atoms with Gasteiger partial charge in [0.1, 0.15) is 22.8 Å². The predicted molar refractivity (Wildman–Crippen MR) is 126 cm³/mol. The fourth-order valence-electron chi connectivity index (χ4n) is 4.11. The largest absolute Gasteiger partial charge is 0.506 e. The first kappa shape index (κ1) is 24.9. The van der Waals surface area contributed by atoms with Crippen LogP contribution >= 0.6 is 0 Å². The first-order valence-electron chi connectivity index (χ1n) is 10.8. The number of likely N-dealkylation sites (tertiary alicyclic amines) is 1. The molecular weight excluding hydrogens is 440 g/mol. The maximum Gasteiger partial charge on any atom is 0.295 e. The van der Waals surface area contributed by atoms with E-state index in [0.29, 0.717) is 18.5 Å². The van der Waals surface area contributed by atoms with Gasteiger partial charge in [-0.2, -0.15) is 0 Å². The van der Waals surface area contributed by atoms with Crippen molar-refractivity contribution >= 4 is 17.4 Å². The first-order chi connectivity index (χ1) is 16.2. The van der Waals surface area contributed by atoms with Crippen LogP contribution in [0.15, 0.2) is 42.0 Å². The average Bonchev–Trinajstić information content (AvgIpc) is 3.07. The van der Waals surface area contributed by atoms with E-state index in [1.54, 1.807) is 30.3 Å². The number of phenolic OH excluding ortho intramolecular Hbond substituents is 1. The molecule has 0 bridgehead atoms. The van der Waals surface area contributed by atoms with Crippen LogP contribution in [0.4, 0.5) is 0 Å². The van der Waals surface area contributed by atoms with Crippen LogP contribution in [-0.4, -0.2) is 80.2 Å². The van der Waals surface area contributed by atoms with Gasteiger partial charge in [-0.1, -0.05) is 12.1 Å². The Morgan fingerprint density at radius 3 is 2.15 bits per heavy atom. The number of rotatable bonds is 9. The smallest absolute Gasteiger partial charge is 0.295 e. The van der Waals surface area contributed by atoms with Crippen LogP contribution < -0.4 is 14.2 Å². The third-order valence-electron chi connectivity index (χ3n) is 5.73. The third kappa shape index (κ3) is 4.65. The zero-order valence-electron chi connectivity index (χ0n) is 20.0. The monoisotopic (exact) mass is 470 g/mol. The van der Waals surface area contributed by atoms with Gasteiger partial charge in [0.05, 0.1) is 32.9 Å². The van der Waals surface area contributed by atoms with E-state index in [9.17, 15) is 19.8 Å². The SMILES string of the molecule is COc1ccc(C2/C(=C(\O)c3c(OC)cccc3OC)C(=O)C(=O)N2CCCN(C)C)cc1O. The highest BCUT2D eigenvalue weighted by Crippen LogP contribution is 2.44. The Labute approximate surface area is 198 Å². The van der Waals surface area contributed by atoms with Crippen molar-refractivity contribution in [3.63, 3.8) is 0 Å². The molecule has 0 radical (unpaired) electrons.